The number of aryl methyl sites for hydroxylation is 1. The molecule has 0 spiro atoms. The molecular formula is C12H21BrN2O2. The second-order valence-corrected chi connectivity index (χ2v) is 5.27. The van der Waals surface area contributed by atoms with Crippen LogP contribution in [-0.4, -0.2) is 28.6 Å². The van der Waals surface area contributed by atoms with Gasteiger partial charge in [0.2, 0.25) is 0 Å². The number of aliphatic hydroxyl groups excluding tert-OH is 1. The molecule has 17 heavy (non-hydrogen) atoms. The first-order valence-electron chi connectivity index (χ1n) is 5.98. The predicted octanol–water partition coefficient (Wildman–Crippen LogP) is 2.76. The van der Waals surface area contributed by atoms with Gasteiger partial charge >= 0.3 is 0 Å². The lowest BCUT2D eigenvalue weighted by Gasteiger charge is -2.17. The number of methoxy groups -OCH3 is 1. The second kappa shape index (κ2) is 7.13. The molecule has 4 nitrogen and oxygen atoms in total. The van der Waals surface area contributed by atoms with E-state index in [-0.39, 0.29) is 0 Å². The Labute approximate surface area is 111 Å². The van der Waals surface area contributed by atoms with Gasteiger partial charge in [0.05, 0.1) is 22.5 Å². The molecule has 5 heteroatoms. The molecule has 2 unspecified atom stereocenters. The zero-order valence-corrected chi connectivity index (χ0v) is 12.3. The number of rotatable bonds is 7. The van der Waals surface area contributed by atoms with Crippen molar-refractivity contribution in [1.29, 1.82) is 0 Å². The van der Waals surface area contributed by atoms with E-state index >= 15 is 0 Å². The number of halogens is 1. The van der Waals surface area contributed by atoms with Gasteiger partial charge in [-0.3, -0.25) is 4.68 Å². The summed E-state index contributed by atoms with van der Waals surface area (Å²) < 4.78 is 7.83. The number of nitrogens with zero attached hydrogens (tertiary/aromatic N) is 2. The average Bonchev–Trinajstić information content (AvgIpc) is 2.60. The van der Waals surface area contributed by atoms with Crippen LogP contribution in [0.5, 0.6) is 0 Å². The van der Waals surface area contributed by atoms with E-state index in [0.29, 0.717) is 18.9 Å². The predicted molar refractivity (Wildman–Crippen MR) is 70.8 cm³/mol. The largest absolute Gasteiger partial charge is 0.387 e. The topological polar surface area (TPSA) is 47.3 Å². The van der Waals surface area contributed by atoms with Crippen molar-refractivity contribution in [3.8, 4) is 0 Å². The highest BCUT2D eigenvalue weighted by Gasteiger charge is 2.19. The van der Waals surface area contributed by atoms with Gasteiger partial charge in [0.25, 0.3) is 0 Å². The summed E-state index contributed by atoms with van der Waals surface area (Å²) in [6.07, 6.45) is 2.93. The molecule has 0 saturated carbocycles. The van der Waals surface area contributed by atoms with Gasteiger partial charge in [-0.05, 0) is 34.7 Å². The standard InChI is InChI=1S/C12H21BrN2O2/c1-4-5-15-12(10(13)7-14-15)11(16)6-9(2)8-17-3/h7,9,11,16H,4-6,8H2,1-3H3. The van der Waals surface area contributed by atoms with Gasteiger partial charge in [-0.15, -0.1) is 0 Å². The Balaban J connectivity index is 2.73. The van der Waals surface area contributed by atoms with Gasteiger partial charge in [-0.1, -0.05) is 13.8 Å². The normalized spacial score (nSPS) is 14.9. The summed E-state index contributed by atoms with van der Waals surface area (Å²) in [5.74, 6) is 0.326. The summed E-state index contributed by atoms with van der Waals surface area (Å²) in [5.41, 5.74) is 0.870. The molecular weight excluding hydrogens is 284 g/mol. The molecule has 0 amide bonds. The third kappa shape index (κ3) is 4.08. The number of hydrogen-bond acceptors (Lipinski definition) is 3. The second-order valence-electron chi connectivity index (χ2n) is 4.41. The van der Waals surface area contributed by atoms with Crippen molar-refractivity contribution in [3.63, 3.8) is 0 Å². The minimum atomic E-state index is -0.497. The lowest BCUT2D eigenvalue weighted by Crippen LogP contribution is -2.14. The van der Waals surface area contributed by atoms with Crippen LogP contribution in [0.3, 0.4) is 0 Å². The molecule has 1 N–H and O–H groups in total. The molecule has 98 valence electrons. The third-order valence-electron chi connectivity index (χ3n) is 2.66. The fourth-order valence-corrected chi connectivity index (χ4v) is 2.50. The lowest BCUT2D eigenvalue weighted by atomic mass is 10.0. The van der Waals surface area contributed by atoms with E-state index in [2.05, 4.69) is 34.9 Å². The maximum absolute atomic E-state index is 10.2. The molecule has 1 aromatic heterocycles. The van der Waals surface area contributed by atoms with Crippen LogP contribution in [0, 0.1) is 5.92 Å². The lowest BCUT2D eigenvalue weighted by molar-refractivity contribution is 0.0960. The van der Waals surface area contributed by atoms with Gasteiger partial charge in [-0.2, -0.15) is 5.10 Å². The summed E-state index contributed by atoms with van der Waals surface area (Å²) in [6, 6.07) is 0. The Kier molecular flexibility index (Phi) is 6.16. The van der Waals surface area contributed by atoms with E-state index in [1.54, 1.807) is 13.3 Å². The fraction of sp³-hybridized carbons (Fsp3) is 0.750. The van der Waals surface area contributed by atoms with Crippen LogP contribution in [0.2, 0.25) is 0 Å². The van der Waals surface area contributed by atoms with Crippen molar-refractivity contribution in [1.82, 2.24) is 9.78 Å². The highest BCUT2D eigenvalue weighted by atomic mass is 79.9. The molecule has 1 rings (SSSR count). The van der Waals surface area contributed by atoms with Crippen molar-refractivity contribution in [2.45, 2.75) is 39.3 Å². The fourth-order valence-electron chi connectivity index (χ4n) is 1.94. The Morgan fingerprint density at radius 3 is 2.88 bits per heavy atom. The molecule has 1 aromatic rings. The Morgan fingerprint density at radius 1 is 1.59 bits per heavy atom. The summed E-state index contributed by atoms with van der Waals surface area (Å²) >= 11 is 3.44. The molecule has 0 aromatic carbocycles. The molecule has 0 bridgehead atoms. The SMILES string of the molecule is CCCn1ncc(Br)c1C(O)CC(C)COC. The highest BCUT2D eigenvalue weighted by molar-refractivity contribution is 9.10. The van der Waals surface area contributed by atoms with Gasteiger partial charge in [0.1, 0.15) is 0 Å². The smallest absolute Gasteiger partial charge is 0.0971 e. The van der Waals surface area contributed by atoms with Crippen molar-refractivity contribution < 1.29 is 9.84 Å². The average molecular weight is 305 g/mol. The zero-order chi connectivity index (χ0) is 12.8. The van der Waals surface area contributed by atoms with E-state index in [9.17, 15) is 5.11 Å². The van der Waals surface area contributed by atoms with E-state index < -0.39 is 6.10 Å². The van der Waals surface area contributed by atoms with Gasteiger partial charge in [-0.25, -0.2) is 0 Å². The van der Waals surface area contributed by atoms with E-state index in [1.165, 1.54) is 0 Å². The molecule has 0 aliphatic carbocycles. The maximum Gasteiger partial charge on any atom is 0.0971 e. The summed E-state index contributed by atoms with van der Waals surface area (Å²) in [4.78, 5) is 0. The Bertz CT molecular complexity index is 341. The first kappa shape index (κ1) is 14.7. The molecule has 2 atom stereocenters. The van der Waals surface area contributed by atoms with Crippen LogP contribution in [0.25, 0.3) is 0 Å². The van der Waals surface area contributed by atoms with Crippen LogP contribution in [0.15, 0.2) is 10.7 Å². The molecule has 0 radical (unpaired) electrons. The van der Waals surface area contributed by atoms with Crippen molar-refractivity contribution in [2.75, 3.05) is 13.7 Å². The van der Waals surface area contributed by atoms with E-state index in [4.69, 9.17) is 4.74 Å². The third-order valence-corrected chi connectivity index (χ3v) is 3.27. The molecule has 0 fully saturated rings. The zero-order valence-electron chi connectivity index (χ0n) is 10.7. The number of aliphatic hydroxyl groups is 1. The monoisotopic (exact) mass is 304 g/mol. The minimum absolute atomic E-state index is 0.326. The molecule has 0 aliphatic heterocycles. The number of ether oxygens (including phenoxy) is 1. The van der Waals surface area contributed by atoms with Gasteiger partial charge in [0, 0.05) is 20.3 Å². The summed E-state index contributed by atoms with van der Waals surface area (Å²) in [6.45, 7) is 5.66. The number of hydrogen-bond donors (Lipinski definition) is 1. The first-order chi connectivity index (χ1) is 8.10. The van der Waals surface area contributed by atoms with Crippen molar-refractivity contribution in [3.05, 3.63) is 16.4 Å². The van der Waals surface area contributed by atoms with Crippen molar-refractivity contribution in [2.24, 2.45) is 5.92 Å². The Morgan fingerprint density at radius 2 is 2.29 bits per heavy atom. The molecule has 1 heterocycles. The van der Waals surface area contributed by atoms with Crippen molar-refractivity contribution >= 4 is 15.9 Å². The van der Waals surface area contributed by atoms with Crippen LogP contribution < -0.4 is 0 Å². The highest BCUT2D eigenvalue weighted by Crippen LogP contribution is 2.28. The minimum Gasteiger partial charge on any atom is -0.387 e. The van der Waals surface area contributed by atoms with E-state index in [0.717, 1.165) is 23.1 Å². The first-order valence-corrected chi connectivity index (χ1v) is 6.77. The summed E-state index contributed by atoms with van der Waals surface area (Å²) in [7, 11) is 1.68. The van der Waals surface area contributed by atoms with E-state index in [1.807, 2.05) is 4.68 Å². The van der Waals surface area contributed by atoms with Crippen LogP contribution >= 0.6 is 15.9 Å². The van der Waals surface area contributed by atoms with Gasteiger partial charge in [0.15, 0.2) is 0 Å². The maximum atomic E-state index is 10.2. The molecule has 0 aliphatic rings. The van der Waals surface area contributed by atoms with Crippen LogP contribution in [-0.2, 0) is 11.3 Å². The van der Waals surface area contributed by atoms with Crippen LogP contribution in [0.1, 0.15) is 38.5 Å². The van der Waals surface area contributed by atoms with Gasteiger partial charge < -0.3 is 9.84 Å². The summed E-state index contributed by atoms with van der Waals surface area (Å²) in [5, 5.41) is 14.5. The Hall–Kier alpha value is -0.390. The molecule has 0 saturated heterocycles. The number of aromatic nitrogens is 2. The van der Waals surface area contributed by atoms with Crippen LogP contribution in [0.4, 0.5) is 0 Å². The quantitative estimate of drug-likeness (QED) is 0.842.